The molecule has 0 aliphatic carbocycles. The lowest BCUT2D eigenvalue weighted by Crippen LogP contribution is -2.26. The zero-order chi connectivity index (χ0) is 13.6. The van der Waals surface area contributed by atoms with Crippen molar-refractivity contribution in [1.29, 1.82) is 5.26 Å². The number of hydrogen-bond acceptors (Lipinski definition) is 5. The average Bonchev–Trinajstić information content (AvgIpc) is 2.35. The van der Waals surface area contributed by atoms with E-state index in [1.54, 1.807) is 19.1 Å². The lowest BCUT2D eigenvalue weighted by Gasteiger charge is -2.09. The summed E-state index contributed by atoms with van der Waals surface area (Å²) in [4.78, 5) is 6.79. The highest BCUT2D eigenvalue weighted by Gasteiger charge is 2.17. The van der Waals surface area contributed by atoms with E-state index in [9.17, 15) is 8.42 Å². The fourth-order valence-electron chi connectivity index (χ4n) is 1.25. The van der Waals surface area contributed by atoms with Crippen LogP contribution in [-0.2, 0) is 19.6 Å². The van der Waals surface area contributed by atoms with E-state index in [0.717, 1.165) is 0 Å². The van der Waals surface area contributed by atoms with E-state index < -0.39 is 10.0 Å². The van der Waals surface area contributed by atoms with Gasteiger partial charge < -0.3 is 4.74 Å². The van der Waals surface area contributed by atoms with Crippen LogP contribution in [-0.4, -0.2) is 28.7 Å². The standard InChI is InChI=1S/C11H14N2O4S/c1-9-3-4-10(8-12)7-11(9)18(14,15)13-17-6-5-16-2/h3-4,7,13H,5-6H2,1-2H3. The first-order valence-electron chi connectivity index (χ1n) is 5.14. The van der Waals surface area contributed by atoms with Crippen molar-refractivity contribution in [3.63, 3.8) is 0 Å². The summed E-state index contributed by atoms with van der Waals surface area (Å²) in [6.45, 7) is 2.03. The molecule has 7 heteroatoms. The minimum absolute atomic E-state index is 0.0268. The molecule has 98 valence electrons. The van der Waals surface area contributed by atoms with Gasteiger partial charge in [0.05, 0.1) is 29.7 Å². The Bertz CT molecular complexity index is 549. The number of nitrogens with one attached hydrogen (secondary N) is 1. The van der Waals surface area contributed by atoms with E-state index in [0.29, 0.717) is 5.56 Å². The Balaban J connectivity index is 2.88. The van der Waals surface area contributed by atoms with Crippen molar-refractivity contribution in [2.24, 2.45) is 0 Å². The number of aryl methyl sites for hydroxylation is 1. The Morgan fingerprint density at radius 2 is 2.11 bits per heavy atom. The molecule has 0 heterocycles. The van der Waals surface area contributed by atoms with Crippen molar-refractivity contribution in [3.05, 3.63) is 29.3 Å². The van der Waals surface area contributed by atoms with E-state index in [-0.39, 0.29) is 23.7 Å². The second-order valence-electron chi connectivity index (χ2n) is 3.52. The summed E-state index contributed by atoms with van der Waals surface area (Å²) in [5.74, 6) is 0. The number of nitrogens with zero attached hydrogens (tertiary/aromatic N) is 1. The van der Waals surface area contributed by atoms with Crippen molar-refractivity contribution in [2.75, 3.05) is 20.3 Å². The minimum Gasteiger partial charge on any atom is -0.382 e. The molecular formula is C11H14N2O4S. The van der Waals surface area contributed by atoms with Gasteiger partial charge in [-0.15, -0.1) is 0 Å². The Hall–Kier alpha value is -1.46. The zero-order valence-electron chi connectivity index (χ0n) is 10.1. The highest BCUT2D eigenvalue weighted by atomic mass is 32.2. The van der Waals surface area contributed by atoms with Crippen molar-refractivity contribution < 1.29 is 18.0 Å². The van der Waals surface area contributed by atoms with Crippen LogP contribution < -0.4 is 4.89 Å². The monoisotopic (exact) mass is 270 g/mol. The molecule has 0 amide bonds. The first kappa shape index (κ1) is 14.6. The van der Waals surface area contributed by atoms with Crippen LogP contribution in [0.5, 0.6) is 0 Å². The van der Waals surface area contributed by atoms with Gasteiger partial charge in [-0.05, 0) is 24.6 Å². The Morgan fingerprint density at radius 1 is 1.39 bits per heavy atom. The van der Waals surface area contributed by atoms with E-state index in [2.05, 4.69) is 0 Å². The Morgan fingerprint density at radius 3 is 2.72 bits per heavy atom. The molecule has 1 aromatic carbocycles. The van der Waals surface area contributed by atoms with E-state index in [1.165, 1.54) is 13.2 Å². The predicted octanol–water partition coefficient (Wildman–Crippen LogP) is 0.723. The Kier molecular flexibility index (Phi) is 5.25. The topological polar surface area (TPSA) is 88.4 Å². The number of benzene rings is 1. The third-order valence-corrected chi connectivity index (χ3v) is 3.52. The van der Waals surface area contributed by atoms with Crippen molar-refractivity contribution in [3.8, 4) is 6.07 Å². The second-order valence-corrected chi connectivity index (χ2v) is 5.13. The first-order valence-corrected chi connectivity index (χ1v) is 6.63. The Labute approximate surface area is 106 Å². The maximum atomic E-state index is 11.9. The highest BCUT2D eigenvalue weighted by Crippen LogP contribution is 2.16. The number of sulfonamides is 1. The molecule has 0 aliphatic rings. The van der Waals surface area contributed by atoms with E-state index >= 15 is 0 Å². The summed E-state index contributed by atoms with van der Waals surface area (Å²) in [5, 5.41) is 8.75. The van der Waals surface area contributed by atoms with Gasteiger partial charge in [-0.25, -0.2) is 8.42 Å². The summed E-state index contributed by atoms with van der Waals surface area (Å²) in [7, 11) is -2.30. The van der Waals surface area contributed by atoms with Gasteiger partial charge in [0.15, 0.2) is 0 Å². The summed E-state index contributed by atoms with van der Waals surface area (Å²) in [6.07, 6.45) is 0. The van der Waals surface area contributed by atoms with Gasteiger partial charge in [0.25, 0.3) is 10.0 Å². The molecule has 18 heavy (non-hydrogen) atoms. The first-order chi connectivity index (χ1) is 8.51. The lowest BCUT2D eigenvalue weighted by atomic mass is 10.2. The van der Waals surface area contributed by atoms with Crippen LogP contribution in [0.4, 0.5) is 0 Å². The number of nitriles is 1. The van der Waals surface area contributed by atoms with Crippen LogP contribution in [0.3, 0.4) is 0 Å². The average molecular weight is 270 g/mol. The molecule has 0 atom stereocenters. The predicted molar refractivity (Wildman–Crippen MR) is 64.0 cm³/mol. The van der Waals surface area contributed by atoms with Gasteiger partial charge >= 0.3 is 0 Å². The molecule has 0 saturated carbocycles. The molecule has 0 aliphatic heterocycles. The molecule has 0 radical (unpaired) electrons. The van der Waals surface area contributed by atoms with Crippen molar-refractivity contribution in [1.82, 2.24) is 4.89 Å². The molecule has 6 nitrogen and oxygen atoms in total. The third-order valence-electron chi connectivity index (χ3n) is 2.16. The normalized spacial score (nSPS) is 11.2. The molecule has 1 N–H and O–H groups in total. The molecule has 0 bridgehead atoms. The molecule has 0 fully saturated rings. The maximum Gasteiger partial charge on any atom is 0.262 e. The molecular weight excluding hydrogens is 256 g/mol. The van der Waals surface area contributed by atoms with Crippen molar-refractivity contribution >= 4 is 10.0 Å². The van der Waals surface area contributed by atoms with Gasteiger partial charge in [0.1, 0.15) is 0 Å². The van der Waals surface area contributed by atoms with Crippen LogP contribution in [0.2, 0.25) is 0 Å². The van der Waals surface area contributed by atoms with Gasteiger partial charge in [0, 0.05) is 7.11 Å². The highest BCUT2D eigenvalue weighted by molar-refractivity contribution is 7.89. The smallest absolute Gasteiger partial charge is 0.262 e. The van der Waals surface area contributed by atoms with Crippen LogP contribution in [0.25, 0.3) is 0 Å². The third kappa shape index (κ3) is 3.78. The minimum atomic E-state index is -3.78. The number of rotatable bonds is 6. The molecule has 0 spiro atoms. The van der Waals surface area contributed by atoms with Crippen LogP contribution in [0.1, 0.15) is 11.1 Å². The number of hydrogen-bond donors (Lipinski definition) is 1. The number of methoxy groups -OCH3 is 1. The summed E-state index contributed by atoms with van der Waals surface area (Å²) < 4.78 is 28.5. The SMILES string of the molecule is COCCONS(=O)(=O)c1cc(C#N)ccc1C. The van der Waals surface area contributed by atoms with Crippen LogP contribution >= 0.6 is 0 Å². The quantitative estimate of drug-likeness (QED) is 0.608. The van der Waals surface area contributed by atoms with E-state index in [1.807, 2.05) is 11.0 Å². The summed E-state index contributed by atoms with van der Waals surface area (Å²) in [5.41, 5.74) is 0.815. The molecule has 0 unspecified atom stereocenters. The number of ether oxygens (including phenoxy) is 1. The van der Waals surface area contributed by atoms with Gasteiger partial charge in [-0.2, -0.15) is 5.26 Å². The van der Waals surface area contributed by atoms with Gasteiger partial charge in [-0.1, -0.05) is 11.0 Å². The maximum absolute atomic E-state index is 11.9. The fourth-order valence-corrected chi connectivity index (χ4v) is 2.35. The zero-order valence-corrected chi connectivity index (χ0v) is 11.0. The van der Waals surface area contributed by atoms with Gasteiger partial charge in [0.2, 0.25) is 0 Å². The lowest BCUT2D eigenvalue weighted by molar-refractivity contribution is 0.0438. The molecule has 1 aromatic rings. The molecule has 1 rings (SSSR count). The van der Waals surface area contributed by atoms with Gasteiger partial charge in [-0.3, -0.25) is 4.84 Å². The second kappa shape index (κ2) is 6.47. The largest absolute Gasteiger partial charge is 0.382 e. The van der Waals surface area contributed by atoms with E-state index in [4.69, 9.17) is 14.8 Å². The summed E-state index contributed by atoms with van der Waals surface area (Å²) >= 11 is 0. The fraction of sp³-hybridized carbons (Fsp3) is 0.364. The van der Waals surface area contributed by atoms with Crippen molar-refractivity contribution in [2.45, 2.75) is 11.8 Å². The summed E-state index contributed by atoms with van der Waals surface area (Å²) in [6, 6.07) is 6.32. The van der Waals surface area contributed by atoms with Crippen LogP contribution in [0.15, 0.2) is 23.1 Å². The van der Waals surface area contributed by atoms with Crippen LogP contribution in [0, 0.1) is 18.3 Å². The molecule has 0 aromatic heterocycles. The molecule has 0 saturated heterocycles.